The minimum absolute atomic E-state index is 0.613. The fourth-order valence-electron chi connectivity index (χ4n) is 3.28. The van der Waals surface area contributed by atoms with E-state index in [0.29, 0.717) is 6.10 Å². The van der Waals surface area contributed by atoms with Gasteiger partial charge in [-0.25, -0.2) is 0 Å². The van der Waals surface area contributed by atoms with E-state index in [1.165, 1.54) is 32.1 Å². The topological polar surface area (TPSA) is 9.23 Å². The summed E-state index contributed by atoms with van der Waals surface area (Å²) in [5.41, 5.74) is 0. The average molecular weight is 182 g/mol. The van der Waals surface area contributed by atoms with Gasteiger partial charge in [0, 0.05) is 6.61 Å². The Morgan fingerprint density at radius 2 is 1.69 bits per heavy atom. The van der Waals surface area contributed by atoms with E-state index in [4.69, 9.17) is 4.74 Å². The van der Waals surface area contributed by atoms with Gasteiger partial charge in [-0.1, -0.05) is 13.8 Å². The minimum Gasteiger partial charge on any atom is -0.378 e. The molecule has 0 bridgehead atoms. The molecule has 0 heterocycles. The Kier molecular flexibility index (Phi) is 2.92. The van der Waals surface area contributed by atoms with Gasteiger partial charge in [0.25, 0.3) is 0 Å². The van der Waals surface area contributed by atoms with Crippen molar-refractivity contribution < 1.29 is 4.74 Å². The molecule has 2 aliphatic carbocycles. The van der Waals surface area contributed by atoms with Crippen LogP contribution in [0.1, 0.15) is 46.0 Å². The molecule has 0 spiro atoms. The molecule has 2 rings (SSSR count). The van der Waals surface area contributed by atoms with Gasteiger partial charge in [-0.2, -0.15) is 0 Å². The summed E-state index contributed by atoms with van der Waals surface area (Å²) in [7, 11) is 0. The second-order valence-corrected chi connectivity index (χ2v) is 5.06. The van der Waals surface area contributed by atoms with E-state index in [0.717, 1.165) is 24.4 Å². The molecule has 0 aromatic heterocycles. The maximum absolute atomic E-state index is 5.82. The molecule has 0 amide bonds. The van der Waals surface area contributed by atoms with Gasteiger partial charge in [0.1, 0.15) is 0 Å². The fraction of sp³-hybridized carbons (Fsp3) is 1.00. The maximum Gasteiger partial charge on any atom is 0.0580 e. The van der Waals surface area contributed by atoms with Gasteiger partial charge in [0.2, 0.25) is 0 Å². The number of hydrogen-bond donors (Lipinski definition) is 0. The zero-order chi connectivity index (χ0) is 9.26. The Morgan fingerprint density at radius 3 is 2.23 bits per heavy atom. The van der Waals surface area contributed by atoms with Crippen LogP contribution in [0.15, 0.2) is 0 Å². The van der Waals surface area contributed by atoms with Crippen LogP contribution < -0.4 is 0 Å². The standard InChI is InChI=1S/C12H22O/c1-3-4-13-12-7-10-5-9(2)6-11(10)8-12/h9-12H,3-8H2,1-2H3/t9?,10-,11+,12?. The molecule has 2 aliphatic rings. The minimum atomic E-state index is 0.613. The number of fused-ring (bicyclic) bond motifs is 1. The lowest BCUT2D eigenvalue weighted by Crippen LogP contribution is -2.10. The van der Waals surface area contributed by atoms with E-state index in [2.05, 4.69) is 13.8 Å². The lowest BCUT2D eigenvalue weighted by atomic mass is 10.0. The van der Waals surface area contributed by atoms with E-state index >= 15 is 0 Å². The Bertz CT molecular complexity index is 153. The Balaban J connectivity index is 1.77. The molecule has 2 saturated carbocycles. The second kappa shape index (κ2) is 4.00. The molecule has 2 fully saturated rings. The predicted octanol–water partition coefficient (Wildman–Crippen LogP) is 3.24. The summed E-state index contributed by atoms with van der Waals surface area (Å²) in [5, 5.41) is 0. The van der Waals surface area contributed by atoms with E-state index < -0.39 is 0 Å². The molecular formula is C12H22O. The highest BCUT2D eigenvalue weighted by Gasteiger charge is 2.40. The van der Waals surface area contributed by atoms with Gasteiger partial charge in [-0.3, -0.25) is 0 Å². The van der Waals surface area contributed by atoms with Gasteiger partial charge in [-0.05, 0) is 49.9 Å². The molecule has 0 saturated heterocycles. The van der Waals surface area contributed by atoms with Crippen LogP contribution in [0.2, 0.25) is 0 Å². The second-order valence-electron chi connectivity index (χ2n) is 5.06. The lowest BCUT2D eigenvalue weighted by molar-refractivity contribution is 0.0520. The third kappa shape index (κ3) is 2.07. The first kappa shape index (κ1) is 9.51. The van der Waals surface area contributed by atoms with Gasteiger partial charge in [0.05, 0.1) is 6.10 Å². The quantitative estimate of drug-likeness (QED) is 0.651. The van der Waals surface area contributed by atoms with Crippen LogP contribution in [0.3, 0.4) is 0 Å². The fourth-order valence-corrected chi connectivity index (χ4v) is 3.28. The number of rotatable bonds is 3. The maximum atomic E-state index is 5.82. The van der Waals surface area contributed by atoms with Crippen LogP contribution in [-0.4, -0.2) is 12.7 Å². The predicted molar refractivity (Wildman–Crippen MR) is 54.6 cm³/mol. The number of ether oxygens (including phenoxy) is 1. The molecule has 0 N–H and O–H groups in total. The highest BCUT2D eigenvalue weighted by atomic mass is 16.5. The molecular weight excluding hydrogens is 160 g/mol. The van der Waals surface area contributed by atoms with Crippen LogP contribution in [0.5, 0.6) is 0 Å². The third-order valence-corrected chi connectivity index (χ3v) is 3.77. The first-order valence-electron chi connectivity index (χ1n) is 5.91. The van der Waals surface area contributed by atoms with Gasteiger partial charge < -0.3 is 4.74 Å². The molecule has 0 radical (unpaired) electrons. The van der Waals surface area contributed by atoms with E-state index in [1.807, 2.05) is 0 Å². The Hall–Kier alpha value is -0.0400. The molecule has 13 heavy (non-hydrogen) atoms. The van der Waals surface area contributed by atoms with Crippen molar-refractivity contribution in [1.82, 2.24) is 0 Å². The van der Waals surface area contributed by atoms with E-state index in [-0.39, 0.29) is 0 Å². The highest BCUT2D eigenvalue weighted by molar-refractivity contribution is 4.90. The first-order valence-corrected chi connectivity index (χ1v) is 5.91. The zero-order valence-corrected chi connectivity index (χ0v) is 8.96. The summed E-state index contributed by atoms with van der Waals surface area (Å²) in [6.45, 7) is 5.57. The third-order valence-electron chi connectivity index (χ3n) is 3.77. The molecule has 1 heteroatoms. The smallest absolute Gasteiger partial charge is 0.0580 e. The van der Waals surface area contributed by atoms with E-state index in [1.54, 1.807) is 0 Å². The first-order chi connectivity index (χ1) is 6.29. The lowest BCUT2D eigenvalue weighted by Gasteiger charge is -2.12. The summed E-state index contributed by atoms with van der Waals surface area (Å²) < 4.78 is 5.82. The van der Waals surface area contributed by atoms with Crippen molar-refractivity contribution in [3.63, 3.8) is 0 Å². The average Bonchev–Trinajstić information content (AvgIpc) is 2.57. The summed E-state index contributed by atoms with van der Waals surface area (Å²) in [6, 6.07) is 0. The van der Waals surface area contributed by atoms with Crippen LogP contribution in [0.4, 0.5) is 0 Å². The summed E-state index contributed by atoms with van der Waals surface area (Å²) in [6.07, 6.45) is 7.43. The summed E-state index contributed by atoms with van der Waals surface area (Å²) in [5.74, 6) is 3.01. The highest BCUT2D eigenvalue weighted by Crippen LogP contribution is 2.47. The Morgan fingerprint density at radius 1 is 1.08 bits per heavy atom. The molecule has 0 aromatic carbocycles. The van der Waals surface area contributed by atoms with Crippen molar-refractivity contribution >= 4 is 0 Å². The van der Waals surface area contributed by atoms with Crippen LogP contribution in [0.25, 0.3) is 0 Å². The van der Waals surface area contributed by atoms with Crippen LogP contribution in [-0.2, 0) is 4.74 Å². The summed E-state index contributed by atoms with van der Waals surface area (Å²) >= 11 is 0. The van der Waals surface area contributed by atoms with Crippen molar-refractivity contribution in [2.24, 2.45) is 17.8 Å². The monoisotopic (exact) mass is 182 g/mol. The van der Waals surface area contributed by atoms with Crippen molar-refractivity contribution in [3.8, 4) is 0 Å². The normalized spacial score (nSPS) is 43.8. The van der Waals surface area contributed by atoms with Gasteiger partial charge >= 0.3 is 0 Å². The SMILES string of the molecule is CCCOC1C[C@H]2CC(C)C[C@H]2C1. The molecule has 2 unspecified atom stereocenters. The van der Waals surface area contributed by atoms with Crippen molar-refractivity contribution in [2.75, 3.05) is 6.61 Å². The molecule has 76 valence electrons. The van der Waals surface area contributed by atoms with Crippen LogP contribution in [0, 0.1) is 17.8 Å². The zero-order valence-electron chi connectivity index (χ0n) is 8.96. The van der Waals surface area contributed by atoms with Gasteiger partial charge in [-0.15, -0.1) is 0 Å². The molecule has 4 atom stereocenters. The summed E-state index contributed by atoms with van der Waals surface area (Å²) in [4.78, 5) is 0. The van der Waals surface area contributed by atoms with Crippen molar-refractivity contribution in [2.45, 2.75) is 52.1 Å². The number of hydrogen-bond acceptors (Lipinski definition) is 1. The Labute approximate surface area is 81.9 Å². The van der Waals surface area contributed by atoms with Crippen molar-refractivity contribution in [3.05, 3.63) is 0 Å². The molecule has 0 aliphatic heterocycles. The molecule has 0 aromatic rings. The van der Waals surface area contributed by atoms with Crippen molar-refractivity contribution in [1.29, 1.82) is 0 Å². The van der Waals surface area contributed by atoms with E-state index in [9.17, 15) is 0 Å². The largest absolute Gasteiger partial charge is 0.378 e. The van der Waals surface area contributed by atoms with Gasteiger partial charge in [0.15, 0.2) is 0 Å². The van der Waals surface area contributed by atoms with Crippen LogP contribution >= 0.6 is 0 Å². The molecule has 1 nitrogen and oxygen atoms in total.